The largest absolute Gasteiger partial charge is 0.339 e. The molecule has 0 bridgehead atoms. The van der Waals surface area contributed by atoms with Crippen LogP contribution in [0, 0.1) is 0 Å². The van der Waals surface area contributed by atoms with Crippen molar-refractivity contribution in [2.45, 2.75) is 19.3 Å². The van der Waals surface area contributed by atoms with Crippen molar-refractivity contribution in [2.75, 3.05) is 25.5 Å². The van der Waals surface area contributed by atoms with Gasteiger partial charge < -0.3 is 10.2 Å². The maximum absolute atomic E-state index is 13.0. The second-order valence-corrected chi connectivity index (χ2v) is 7.86. The van der Waals surface area contributed by atoms with Gasteiger partial charge in [0.05, 0.1) is 22.4 Å². The predicted molar refractivity (Wildman–Crippen MR) is 112 cm³/mol. The number of piperidine rings is 1. The number of carbonyl (C=O) groups excluding carboxylic acids is 4. The fourth-order valence-corrected chi connectivity index (χ4v) is 3.94. The fraction of sp³-hybridized carbons (Fsp3) is 0.273. The molecule has 8 heteroatoms. The van der Waals surface area contributed by atoms with Gasteiger partial charge in [0.1, 0.15) is 0 Å². The van der Waals surface area contributed by atoms with Crippen LogP contribution in [-0.2, 0) is 0 Å². The van der Waals surface area contributed by atoms with E-state index < -0.39 is 17.7 Å². The minimum Gasteiger partial charge on any atom is -0.339 e. The lowest BCUT2D eigenvalue weighted by atomic mass is 10.0. The SMILES string of the molecule is CN1C(=O)c2ccc(C(=O)Nc3cc(Cl)ccc3C(=O)N3CCCCC3)cc2C1=O. The van der Waals surface area contributed by atoms with Crippen LogP contribution in [0.25, 0.3) is 0 Å². The number of fused-ring (bicyclic) bond motifs is 1. The smallest absolute Gasteiger partial charge is 0.261 e. The van der Waals surface area contributed by atoms with Crippen molar-refractivity contribution in [1.29, 1.82) is 0 Å². The van der Waals surface area contributed by atoms with E-state index >= 15 is 0 Å². The number of anilines is 1. The van der Waals surface area contributed by atoms with Crippen molar-refractivity contribution in [3.05, 3.63) is 63.7 Å². The Bertz CT molecular complexity index is 1080. The van der Waals surface area contributed by atoms with Gasteiger partial charge in [-0.05, 0) is 55.7 Å². The van der Waals surface area contributed by atoms with Crippen molar-refractivity contribution >= 4 is 40.9 Å². The summed E-state index contributed by atoms with van der Waals surface area (Å²) < 4.78 is 0. The first-order chi connectivity index (χ1) is 14.4. The van der Waals surface area contributed by atoms with Gasteiger partial charge in [-0.25, -0.2) is 0 Å². The van der Waals surface area contributed by atoms with Gasteiger partial charge >= 0.3 is 0 Å². The first-order valence-corrected chi connectivity index (χ1v) is 10.1. The van der Waals surface area contributed by atoms with Crippen LogP contribution in [0.5, 0.6) is 0 Å². The summed E-state index contributed by atoms with van der Waals surface area (Å²) in [6.07, 6.45) is 3.01. The van der Waals surface area contributed by atoms with Crippen LogP contribution < -0.4 is 5.32 Å². The summed E-state index contributed by atoms with van der Waals surface area (Å²) in [5.41, 5.74) is 1.33. The van der Waals surface area contributed by atoms with Crippen molar-refractivity contribution < 1.29 is 19.2 Å². The number of carbonyl (C=O) groups is 4. The maximum Gasteiger partial charge on any atom is 0.261 e. The Morgan fingerprint density at radius 1 is 0.933 bits per heavy atom. The number of hydrogen-bond acceptors (Lipinski definition) is 4. The summed E-state index contributed by atoms with van der Waals surface area (Å²) >= 11 is 6.10. The van der Waals surface area contributed by atoms with Crippen LogP contribution in [-0.4, -0.2) is 53.6 Å². The van der Waals surface area contributed by atoms with Gasteiger partial charge in [0.15, 0.2) is 0 Å². The Morgan fingerprint density at radius 3 is 2.37 bits per heavy atom. The molecule has 0 aliphatic carbocycles. The number of nitrogens with zero attached hydrogens (tertiary/aromatic N) is 2. The normalized spacial score (nSPS) is 15.9. The molecule has 30 heavy (non-hydrogen) atoms. The zero-order valence-electron chi connectivity index (χ0n) is 16.4. The summed E-state index contributed by atoms with van der Waals surface area (Å²) in [6, 6.07) is 9.09. The highest BCUT2D eigenvalue weighted by Crippen LogP contribution is 2.26. The van der Waals surface area contributed by atoms with Crippen molar-refractivity contribution in [3.8, 4) is 0 Å². The highest BCUT2D eigenvalue weighted by molar-refractivity contribution is 6.31. The molecular formula is C22H20ClN3O4. The first-order valence-electron chi connectivity index (χ1n) is 9.73. The molecule has 1 fully saturated rings. The van der Waals surface area contributed by atoms with Gasteiger partial charge in [0.25, 0.3) is 23.6 Å². The first kappa shape index (κ1) is 20.1. The minimum atomic E-state index is -0.498. The number of imide groups is 1. The van der Waals surface area contributed by atoms with Crippen LogP contribution in [0.15, 0.2) is 36.4 Å². The molecule has 0 aromatic heterocycles. The number of rotatable bonds is 3. The lowest BCUT2D eigenvalue weighted by molar-refractivity contribution is 0.0689. The van der Waals surface area contributed by atoms with Gasteiger partial charge in [-0.15, -0.1) is 0 Å². The number of benzene rings is 2. The van der Waals surface area contributed by atoms with Gasteiger partial charge in [0.2, 0.25) is 0 Å². The molecule has 2 aliphatic heterocycles. The van der Waals surface area contributed by atoms with Crippen molar-refractivity contribution in [2.24, 2.45) is 0 Å². The van der Waals surface area contributed by atoms with E-state index in [0.29, 0.717) is 29.4 Å². The van der Waals surface area contributed by atoms with E-state index in [4.69, 9.17) is 11.6 Å². The van der Waals surface area contributed by atoms with Gasteiger partial charge in [-0.3, -0.25) is 24.1 Å². The molecule has 2 aliphatic rings. The standard InChI is InChI=1S/C22H20ClN3O4/c1-25-20(28)15-7-5-13(11-17(15)21(25)29)19(27)24-18-12-14(23)6-8-16(18)22(30)26-9-3-2-4-10-26/h5-8,11-12H,2-4,9-10H2,1H3,(H,24,27). The molecule has 0 unspecified atom stereocenters. The van der Waals surface area contributed by atoms with Crippen molar-refractivity contribution in [3.63, 3.8) is 0 Å². The van der Waals surface area contributed by atoms with E-state index in [2.05, 4.69) is 5.32 Å². The minimum absolute atomic E-state index is 0.155. The monoisotopic (exact) mass is 425 g/mol. The average Bonchev–Trinajstić information content (AvgIpc) is 2.97. The Hall–Kier alpha value is -3.19. The zero-order valence-corrected chi connectivity index (χ0v) is 17.2. The molecule has 7 nitrogen and oxygen atoms in total. The third kappa shape index (κ3) is 3.57. The summed E-state index contributed by atoms with van der Waals surface area (Å²) in [5.74, 6) is -1.50. The highest BCUT2D eigenvalue weighted by atomic mass is 35.5. The molecule has 1 N–H and O–H groups in total. The van der Waals surface area contributed by atoms with Crippen LogP contribution in [0.1, 0.15) is 60.7 Å². The molecule has 4 rings (SSSR count). The van der Waals surface area contributed by atoms with E-state index in [1.54, 1.807) is 17.0 Å². The molecule has 2 aromatic carbocycles. The molecule has 1 saturated heterocycles. The van der Waals surface area contributed by atoms with E-state index in [1.165, 1.54) is 31.3 Å². The average molecular weight is 426 g/mol. The number of amides is 4. The number of likely N-dealkylation sites (tertiary alicyclic amines) is 1. The summed E-state index contributed by atoms with van der Waals surface area (Å²) in [6.45, 7) is 1.37. The molecule has 0 spiro atoms. The van der Waals surface area contributed by atoms with E-state index in [0.717, 1.165) is 24.2 Å². The Kier molecular flexibility index (Phi) is 5.30. The van der Waals surface area contributed by atoms with Gasteiger partial charge in [0, 0.05) is 30.7 Å². The second-order valence-electron chi connectivity index (χ2n) is 7.43. The highest BCUT2D eigenvalue weighted by Gasteiger charge is 2.33. The lowest BCUT2D eigenvalue weighted by Crippen LogP contribution is -2.36. The fourth-order valence-electron chi connectivity index (χ4n) is 3.77. The second kappa shape index (κ2) is 7.91. The molecule has 2 aromatic rings. The molecule has 2 heterocycles. The molecule has 0 atom stereocenters. The molecule has 154 valence electrons. The van der Waals surface area contributed by atoms with Crippen LogP contribution in [0.4, 0.5) is 5.69 Å². The maximum atomic E-state index is 13.0. The summed E-state index contributed by atoms with van der Waals surface area (Å²) in [5, 5.41) is 3.12. The van der Waals surface area contributed by atoms with Gasteiger partial charge in [-0.2, -0.15) is 0 Å². The van der Waals surface area contributed by atoms with E-state index in [9.17, 15) is 19.2 Å². The zero-order chi connectivity index (χ0) is 21.4. The quantitative estimate of drug-likeness (QED) is 0.763. The van der Waals surface area contributed by atoms with Gasteiger partial charge in [-0.1, -0.05) is 11.6 Å². The Labute approximate surface area is 178 Å². The van der Waals surface area contributed by atoms with Crippen LogP contribution in [0.2, 0.25) is 5.02 Å². The molecule has 0 saturated carbocycles. The number of nitrogens with one attached hydrogen (secondary N) is 1. The molecule has 4 amide bonds. The summed E-state index contributed by atoms with van der Waals surface area (Å²) in [7, 11) is 1.40. The number of halogens is 1. The third-order valence-corrected chi connectivity index (χ3v) is 5.69. The van der Waals surface area contributed by atoms with E-state index in [1.807, 2.05) is 0 Å². The topological polar surface area (TPSA) is 86.8 Å². The lowest BCUT2D eigenvalue weighted by Gasteiger charge is -2.27. The molecular weight excluding hydrogens is 406 g/mol. The predicted octanol–water partition coefficient (Wildman–Crippen LogP) is 3.44. The summed E-state index contributed by atoms with van der Waals surface area (Å²) in [4.78, 5) is 52.9. The van der Waals surface area contributed by atoms with E-state index in [-0.39, 0.29) is 22.6 Å². The van der Waals surface area contributed by atoms with Crippen LogP contribution in [0.3, 0.4) is 0 Å². The Balaban J connectivity index is 1.61. The number of hydrogen-bond donors (Lipinski definition) is 1. The molecule has 0 radical (unpaired) electrons. The van der Waals surface area contributed by atoms with Crippen LogP contribution >= 0.6 is 11.6 Å². The third-order valence-electron chi connectivity index (χ3n) is 5.46. The van der Waals surface area contributed by atoms with Crippen molar-refractivity contribution in [1.82, 2.24) is 9.80 Å². The Morgan fingerprint density at radius 2 is 1.63 bits per heavy atom.